The van der Waals surface area contributed by atoms with E-state index in [2.05, 4.69) is 26.3 Å². The smallest absolute Gasteiger partial charge is 0.134 e. The average molecular weight is 323 g/mol. The SMILES string of the molecule is Clc1nc2ccccc2cc1CNCc1nc2ccccc2[nH]1. The van der Waals surface area contributed by atoms with Gasteiger partial charge in [0.25, 0.3) is 0 Å². The van der Waals surface area contributed by atoms with Crippen molar-refractivity contribution in [2.45, 2.75) is 13.1 Å². The molecule has 4 nitrogen and oxygen atoms in total. The van der Waals surface area contributed by atoms with Gasteiger partial charge in [0.1, 0.15) is 11.0 Å². The largest absolute Gasteiger partial charge is 0.341 e. The van der Waals surface area contributed by atoms with Crippen LogP contribution in [0.1, 0.15) is 11.4 Å². The highest BCUT2D eigenvalue weighted by Gasteiger charge is 2.06. The Kier molecular flexibility index (Phi) is 3.69. The summed E-state index contributed by atoms with van der Waals surface area (Å²) >= 11 is 6.27. The Hall–Kier alpha value is -2.43. The molecule has 2 aromatic heterocycles. The highest BCUT2D eigenvalue weighted by Crippen LogP contribution is 2.20. The molecule has 0 fully saturated rings. The van der Waals surface area contributed by atoms with Gasteiger partial charge in [-0.2, -0.15) is 0 Å². The number of nitrogens with one attached hydrogen (secondary N) is 2. The first-order valence-electron chi connectivity index (χ1n) is 7.48. The van der Waals surface area contributed by atoms with Crippen LogP contribution in [0.5, 0.6) is 0 Å². The zero-order chi connectivity index (χ0) is 15.6. The van der Waals surface area contributed by atoms with Gasteiger partial charge in [0, 0.05) is 17.5 Å². The predicted molar refractivity (Wildman–Crippen MR) is 93.4 cm³/mol. The van der Waals surface area contributed by atoms with Crippen LogP contribution in [-0.4, -0.2) is 15.0 Å². The maximum atomic E-state index is 6.27. The molecule has 0 amide bonds. The third-order valence-corrected chi connectivity index (χ3v) is 4.12. The van der Waals surface area contributed by atoms with Gasteiger partial charge in [-0.3, -0.25) is 0 Å². The molecular weight excluding hydrogens is 308 g/mol. The number of nitrogens with zero attached hydrogens (tertiary/aromatic N) is 2. The summed E-state index contributed by atoms with van der Waals surface area (Å²) < 4.78 is 0. The third kappa shape index (κ3) is 2.91. The van der Waals surface area contributed by atoms with Gasteiger partial charge in [0.2, 0.25) is 0 Å². The van der Waals surface area contributed by atoms with Crippen molar-refractivity contribution < 1.29 is 0 Å². The lowest BCUT2D eigenvalue weighted by Gasteiger charge is -2.07. The van der Waals surface area contributed by atoms with Crippen molar-refractivity contribution in [3.63, 3.8) is 0 Å². The molecule has 2 N–H and O–H groups in total. The average Bonchev–Trinajstić information content (AvgIpc) is 2.98. The molecule has 0 radical (unpaired) electrons. The van der Waals surface area contributed by atoms with Crippen LogP contribution in [0.2, 0.25) is 5.15 Å². The number of halogens is 1. The van der Waals surface area contributed by atoms with E-state index in [0.29, 0.717) is 18.2 Å². The zero-order valence-electron chi connectivity index (χ0n) is 12.4. The highest BCUT2D eigenvalue weighted by atomic mass is 35.5. The minimum absolute atomic E-state index is 0.542. The molecule has 4 rings (SSSR count). The fraction of sp³-hybridized carbons (Fsp3) is 0.111. The van der Waals surface area contributed by atoms with Gasteiger partial charge in [-0.25, -0.2) is 9.97 Å². The van der Waals surface area contributed by atoms with Crippen LogP contribution >= 0.6 is 11.6 Å². The van der Waals surface area contributed by atoms with Gasteiger partial charge < -0.3 is 10.3 Å². The number of fused-ring (bicyclic) bond motifs is 2. The molecule has 0 aliphatic rings. The van der Waals surface area contributed by atoms with E-state index in [1.165, 1.54) is 0 Å². The Morgan fingerprint density at radius 2 is 1.70 bits per heavy atom. The van der Waals surface area contributed by atoms with E-state index in [4.69, 9.17) is 11.6 Å². The normalized spacial score (nSPS) is 11.3. The molecule has 0 spiro atoms. The molecule has 0 aliphatic carbocycles. The lowest BCUT2D eigenvalue weighted by atomic mass is 10.1. The quantitative estimate of drug-likeness (QED) is 0.557. The Labute approximate surface area is 138 Å². The molecule has 0 unspecified atom stereocenters. The first-order chi connectivity index (χ1) is 11.3. The second-order valence-corrected chi connectivity index (χ2v) is 5.79. The van der Waals surface area contributed by atoms with Crippen molar-refractivity contribution in [2.75, 3.05) is 0 Å². The molecule has 2 heterocycles. The van der Waals surface area contributed by atoms with E-state index in [0.717, 1.165) is 33.3 Å². The van der Waals surface area contributed by atoms with Crippen LogP contribution in [0.3, 0.4) is 0 Å². The van der Waals surface area contributed by atoms with Crippen LogP contribution < -0.4 is 5.32 Å². The molecule has 23 heavy (non-hydrogen) atoms. The van der Waals surface area contributed by atoms with Crippen molar-refractivity contribution in [1.29, 1.82) is 0 Å². The summed E-state index contributed by atoms with van der Waals surface area (Å²) in [5.41, 5.74) is 3.93. The van der Waals surface area contributed by atoms with Gasteiger partial charge in [-0.05, 0) is 24.3 Å². The summed E-state index contributed by atoms with van der Waals surface area (Å²) in [5, 5.41) is 5.00. The summed E-state index contributed by atoms with van der Waals surface area (Å²) in [5.74, 6) is 0.913. The topological polar surface area (TPSA) is 53.6 Å². The number of pyridine rings is 1. The summed E-state index contributed by atoms with van der Waals surface area (Å²) in [7, 11) is 0. The Bertz CT molecular complexity index is 944. The standard InChI is InChI=1S/C18H15ClN4/c19-18-13(9-12-5-1-2-6-14(12)23-18)10-20-11-17-21-15-7-3-4-8-16(15)22-17/h1-9,20H,10-11H2,(H,21,22). The number of imidazole rings is 1. The van der Waals surface area contributed by atoms with Gasteiger partial charge in [-0.1, -0.05) is 41.9 Å². The molecule has 0 bridgehead atoms. The number of rotatable bonds is 4. The number of para-hydroxylation sites is 3. The second-order valence-electron chi connectivity index (χ2n) is 5.44. The lowest BCUT2D eigenvalue weighted by Crippen LogP contribution is -2.14. The van der Waals surface area contributed by atoms with E-state index >= 15 is 0 Å². The molecule has 2 aromatic carbocycles. The third-order valence-electron chi connectivity index (χ3n) is 3.80. The Balaban J connectivity index is 1.49. The molecule has 4 aromatic rings. The number of aromatic amines is 1. The number of aromatic nitrogens is 3. The summed E-state index contributed by atoms with van der Waals surface area (Å²) in [6.45, 7) is 1.30. The maximum Gasteiger partial charge on any atom is 0.134 e. The number of hydrogen-bond acceptors (Lipinski definition) is 3. The molecule has 0 atom stereocenters. The van der Waals surface area contributed by atoms with Gasteiger partial charge in [0.15, 0.2) is 0 Å². The summed E-state index contributed by atoms with van der Waals surface area (Å²) in [6, 6.07) is 18.1. The van der Waals surface area contributed by atoms with Crippen LogP contribution in [0.15, 0.2) is 54.6 Å². The number of hydrogen-bond donors (Lipinski definition) is 2. The molecular formula is C18H15ClN4. The van der Waals surface area contributed by atoms with E-state index in [1.54, 1.807) is 0 Å². The van der Waals surface area contributed by atoms with E-state index < -0.39 is 0 Å². The Morgan fingerprint density at radius 3 is 2.57 bits per heavy atom. The fourth-order valence-corrected chi connectivity index (χ4v) is 2.88. The van der Waals surface area contributed by atoms with Crippen LogP contribution in [0.4, 0.5) is 0 Å². The van der Waals surface area contributed by atoms with Crippen molar-refractivity contribution in [1.82, 2.24) is 20.3 Å². The van der Waals surface area contributed by atoms with E-state index in [-0.39, 0.29) is 0 Å². The maximum absolute atomic E-state index is 6.27. The first kappa shape index (κ1) is 14.2. The van der Waals surface area contributed by atoms with Crippen LogP contribution in [0.25, 0.3) is 21.9 Å². The first-order valence-corrected chi connectivity index (χ1v) is 7.86. The van der Waals surface area contributed by atoms with Crippen molar-refractivity contribution >= 4 is 33.5 Å². The summed E-state index contributed by atoms with van der Waals surface area (Å²) in [6.07, 6.45) is 0. The minimum Gasteiger partial charge on any atom is -0.341 e. The van der Waals surface area contributed by atoms with Gasteiger partial charge in [-0.15, -0.1) is 0 Å². The molecule has 5 heteroatoms. The zero-order valence-corrected chi connectivity index (χ0v) is 13.1. The van der Waals surface area contributed by atoms with E-state index in [1.807, 2.05) is 48.5 Å². The Morgan fingerprint density at radius 1 is 0.913 bits per heavy atom. The van der Waals surface area contributed by atoms with Crippen molar-refractivity contribution in [3.05, 3.63) is 71.1 Å². The van der Waals surface area contributed by atoms with Crippen molar-refractivity contribution in [3.8, 4) is 0 Å². The monoisotopic (exact) mass is 322 g/mol. The predicted octanol–water partition coefficient (Wildman–Crippen LogP) is 4.05. The molecule has 0 aliphatic heterocycles. The highest BCUT2D eigenvalue weighted by molar-refractivity contribution is 6.30. The molecule has 0 saturated carbocycles. The fourth-order valence-electron chi connectivity index (χ4n) is 2.67. The van der Waals surface area contributed by atoms with E-state index in [9.17, 15) is 0 Å². The van der Waals surface area contributed by atoms with Gasteiger partial charge >= 0.3 is 0 Å². The second kappa shape index (κ2) is 5.99. The number of benzene rings is 2. The molecule has 114 valence electrons. The number of H-pyrrole nitrogens is 1. The van der Waals surface area contributed by atoms with Crippen LogP contribution in [-0.2, 0) is 13.1 Å². The lowest BCUT2D eigenvalue weighted by molar-refractivity contribution is 0.669. The molecule has 0 saturated heterocycles. The minimum atomic E-state index is 0.542. The van der Waals surface area contributed by atoms with Crippen molar-refractivity contribution in [2.24, 2.45) is 0 Å². The summed E-state index contributed by atoms with van der Waals surface area (Å²) in [4.78, 5) is 12.3. The van der Waals surface area contributed by atoms with Crippen LogP contribution in [0, 0.1) is 0 Å². The van der Waals surface area contributed by atoms with Gasteiger partial charge in [0.05, 0.1) is 23.1 Å².